The molecule has 1 saturated heterocycles. The van der Waals surface area contributed by atoms with E-state index >= 15 is 0 Å². The molecule has 1 unspecified atom stereocenters. The highest BCUT2D eigenvalue weighted by atomic mass is 16.2. The lowest BCUT2D eigenvalue weighted by Gasteiger charge is -2.31. The number of benzene rings is 1. The van der Waals surface area contributed by atoms with E-state index in [0.29, 0.717) is 6.42 Å². The summed E-state index contributed by atoms with van der Waals surface area (Å²) in [5.74, 6) is 0.548. The van der Waals surface area contributed by atoms with E-state index in [0.717, 1.165) is 25.9 Å². The number of carbonyl (C=O) groups excluding carboxylic acids is 1. The summed E-state index contributed by atoms with van der Waals surface area (Å²) in [4.78, 5) is 14.3. The first-order valence-electron chi connectivity index (χ1n) is 7.17. The zero-order valence-corrected chi connectivity index (χ0v) is 11.9. The Hall–Kier alpha value is -1.35. The van der Waals surface area contributed by atoms with E-state index in [1.165, 1.54) is 11.1 Å². The van der Waals surface area contributed by atoms with Crippen LogP contribution in [0, 0.1) is 6.92 Å². The lowest BCUT2D eigenvalue weighted by molar-refractivity contribution is -0.132. The minimum absolute atomic E-state index is 0.266. The van der Waals surface area contributed by atoms with Crippen LogP contribution in [0.4, 0.5) is 0 Å². The fourth-order valence-electron chi connectivity index (χ4n) is 2.79. The standard InChI is InChI=1S/C16H24N2O/c1-12-5-3-4-6-15(12)13(2)11-16(19)18-9-7-14(17)8-10-18/h3-6,13-14H,7-11,17H2,1-2H3. The van der Waals surface area contributed by atoms with Crippen LogP contribution in [0.5, 0.6) is 0 Å². The first kappa shape index (κ1) is 14.1. The molecule has 1 aromatic carbocycles. The Morgan fingerprint density at radius 2 is 2.00 bits per heavy atom. The second kappa shape index (κ2) is 6.20. The summed E-state index contributed by atoms with van der Waals surface area (Å²) in [7, 11) is 0. The predicted octanol–water partition coefficient (Wildman–Crippen LogP) is 2.44. The van der Waals surface area contributed by atoms with Crippen LogP contribution < -0.4 is 5.73 Å². The SMILES string of the molecule is Cc1ccccc1C(C)CC(=O)N1CCC(N)CC1. The topological polar surface area (TPSA) is 46.3 Å². The number of piperidine rings is 1. The number of nitrogens with two attached hydrogens (primary N) is 1. The third kappa shape index (κ3) is 3.57. The first-order valence-corrected chi connectivity index (χ1v) is 7.17. The molecule has 2 rings (SSSR count). The average molecular weight is 260 g/mol. The molecule has 1 atom stereocenters. The molecule has 1 aromatic rings. The molecule has 3 nitrogen and oxygen atoms in total. The molecule has 1 aliphatic heterocycles. The zero-order chi connectivity index (χ0) is 13.8. The average Bonchev–Trinajstić information content (AvgIpc) is 2.39. The van der Waals surface area contributed by atoms with E-state index in [4.69, 9.17) is 5.73 Å². The molecule has 2 N–H and O–H groups in total. The second-order valence-corrected chi connectivity index (χ2v) is 5.68. The number of likely N-dealkylation sites (tertiary alicyclic amines) is 1. The van der Waals surface area contributed by atoms with Crippen molar-refractivity contribution in [1.82, 2.24) is 4.90 Å². The normalized spacial score (nSPS) is 18.4. The molecule has 0 aliphatic carbocycles. The van der Waals surface area contributed by atoms with Crippen LogP contribution in [0.1, 0.15) is 43.2 Å². The van der Waals surface area contributed by atoms with E-state index in [9.17, 15) is 4.79 Å². The quantitative estimate of drug-likeness (QED) is 0.907. The van der Waals surface area contributed by atoms with Crippen molar-refractivity contribution in [3.63, 3.8) is 0 Å². The van der Waals surface area contributed by atoms with Crippen molar-refractivity contribution in [1.29, 1.82) is 0 Å². The smallest absolute Gasteiger partial charge is 0.223 e. The first-order chi connectivity index (χ1) is 9.08. The minimum Gasteiger partial charge on any atom is -0.343 e. The zero-order valence-electron chi connectivity index (χ0n) is 11.9. The minimum atomic E-state index is 0.266. The van der Waals surface area contributed by atoms with Crippen molar-refractivity contribution in [2.75, 3.05) is 13.1 Å². The number of nitrogens with zero attached hydrogens (tertiary/aromatic N) is 1. The number of hydrogen-bond donors (Lipinski definition) is 1. The van der Waals surface area contributed by atoms with Gasteiger partial charge in [-0.05, 0) is 36.8 Å². The van der Waals surface area contributed by atoms with Crippen LogP contribution in [-0.2, 0) is 4.79 Å². The van der Waals surface area contributed by atoms with Gasteiger partial charge in [-0.15, -0.1) is 0 Å². The molecular weight excluding hydrogens is 236 g/mol. The van der Waals surface area contributed by atoms with Gasteiger partial charge in [-0.3, -0.25) is 4.79 Å². The molecule has 0 radical (unpaired) electrons. The highest BCUT2D eigenvalue weighted by molar-refractivity contribution is 5.77. The van der Waals surface area contributed by atoms with Crippen LogP contribution in [-0.4, -0.2) is 29.9 Å². The van der Waals surface area contributed by atoms with Crippen LogP contribution in [0.25, 0.3) is 0 Å². The Morgan fingerprint density at radius 3 is 2.63 bits per heavy atom. The van der Waals surface area contributed by atoms with Crippen molar-refractivity contribution in [2.45, 2.75) is 45.1 Å². The molecule has 0 aromatic heterocycles. The van der Waals surface area contributed by atoms with E-state index < -0.39 is 0 Å². The summed E-state index contributed by atoms with van der Waals surface area (Å²) >= 11 is 0. The van der Waals surface area contributed by atoms with Crippen LogP contribution in [0.3, 0.4) is 0 Å². The Kier molecular flexibility index (Phi) is 4.59. The van der Waals surface area contributed by atoms with Gasteiger partial charge >= 0.3 is 0 Å². The van der Waals surface area contributed by atoms with E-state index in [-0.39, 0.29) is 17.9 Å². The molecular formula is C16H24N2O. The van der Waals surface area contributed by atoms with E-state index in [1.807, 2.05) is 17.0 Å². The maximum Gasteiger partial charge on any atom is 0.223 e. The number of hydrogen-bond acceptors (Lipinski definition) is 2. The van der Waals surface area contributed by atoms with Gasteiger partial charge in [0.15, 0.2) is 0 Å². The summed E-state index contributed by atoms with van der Waals surface area (Å²) in [6, 6.07) is 8.59. The van der Waals surface area contributed by atoms with Crippen molar-refractivity contribution < 1.29 is 4.79 Å². The van der Waals surface area contributed by atoms with E-state index in [2.05, 4.69) is 26.0 Å². The fourth-order valence-corrected chi connectivity index (χ4v) is 2.79. The Bertz CT molecular complexity index is 436. The van der Waals surface area contributed by atoms with Crippen molar-refractivity contribution in [2.24, 2.45) is 5.73 Å². The van der Waals surface area contributed by atoms with Crippen molar-refractivity contribution in [3.05, 3.63) is 35.4 Å². The Balaban J connectivity index is 1.94. The van der Waals surface area contributed by atoms with Gasteiger partial charge in [-0.2, -0.15) is 0 Å². The monoisotopic (exact) mass is 260 g/mol. The second-order valence-electron chi connectivity index (χ2n) is 5.68. The summed E-state index contributed by atoms with van der Waals surface area (Å²) in [6.45, 7) is 5.88. The van der Waals surface area contributed by atoms with Crippen molar-refractivity contribution >= 4 is 5.91 Å². The molecule has 1 amide bonds. The molecule has 1 heterocycles. The van der Waals surface area contributed by atoms with Gasteiger partial charge in [0.1, 0.15) is 0 Å². The van der Waals surface area contributed by atoms with Gasteiger partial charge in [0.05, 0.1) is 0 Å². The number of rotatable bonds is 3. The molecule has 19 heavy (non-hydrogen) atoms. The molecule has 3 heteroatoms. The summed E-state index contributed by atoms with van der Waals surface area (Å²) < 4.78 is 0. The molecule has 1 fully saturated rings. The Labute approximate surface area is 115 Å². The van der Waals surface area contributed by atoms with Gasteiger partial charge < -0.3 is 10.6 Å². The highest BCUT2D eigenvalue weighted by Crippen LogP contribution is 2.23. The van der Waals surface area contributed by atoms with Crippen LogP contribution >= 0.6 is 0 Å². The molecule has 0 saturated carbocycles. The van der Waals surface area contributed by atoms with Crippen LogP contribution in [0.2, 0.25) is 0 Å². The lowest BCUT2D eigenvalue weighted by atomic mass is 9.93. The predicted molar refractivity (Wildman–Crippen MR) is 78.0 cm³/mol. The maximum absolute atomic E-state index is 12.3. The largest absolute Gasteiger partial charge is 0.343 e. The van der Waals surface area contributed by atoms with Gasteiger partial charge in [0.2, 0.25) is 5.91 Å². The molecule has 0 spiro atoms. The highest BCUT2D eigenvalue weighted by Gasteiger charge is 2.22. The lowest BCUT2D eigenvalue weighted by Crippen LogP contribution is -2.43. The summed E-state index contributed by atoms with van der Waals surface area (Å²) in [6.07, 6.45) is 2.47. The number of carbonyl (C=O) groups is 1. The summed E-state index contributed by atoms with van der Waals surface area (Å²) in [5, 5.41) is 0. The maximum atomic E-state index is 12.3. The molecule has 0 bridgehead atoms. The van der Waals surface area contributed by atoms with E-state index in [1.54, 1.807) is 0 Å². The van der Waals surface area contributed by atoms with Crippen molar-refractivity contribution in [3.8, 4) is 0 Å². The number of aryl methyl sites for hydroxylation is 1. The third-order valence-corrected chi connectivity index (χ3v) is 4.09. The van der Waals surface area contributed by atoms with Gasteiger partial charge in [-0.1, -0.05) is 31.2 Å². The fraction of sp³-hybridized carbons (Fsp3) is 0.562. The van der Waals surface area contributed by atoms with Crippen LogP contribution in [0.15, 0.2) is 24.3 Å². The van der Waals surface area contributed by atoms with Gasteiger partial charge in [0, 0.05) is 25.6 Å². The van der Waals surface area contributed by atoms with Gasteiger partial charge in [0.25, 0.3) is 0 Å². The summed E-state index contributed by atoms with van der Waals surface area (Å²) in [5.41, 5.74) is 8.42. The third-order valence-electron chi connectivity index (χ3n) is 4.09. The van der Waals surface area contributed by atoms with Gasteiger partial charge in [-0.25, -0.2) is 0 Å². The Morgan fingerprint density at radius 1 is 1.37 bits per heavy atom. The number of amides is 1. The molecule has 1 aliphatic rings. The molecule has 104 valence electrons.